The van der Waals surface area contributed by atoms with Crippen LogP contribution in [-0.4, -0.2) is 13.1 Å². The maximum absolute atomic E-state index is 3.36. The summed E-state index contributed by atoms with van der Waals surface area (Å²) in [6.45, 7) is 6.88. The summed E-state index contributed by atoms with van der Waals surface area (Å²) in [6, 6.07) is 0. The highest BCUT2D eigenvalue weighted by Crippen LogP contribution is 2.35. The van der Waals surface area contributed by atoms with Gasteiger partial charge in [-0.3, -0.25) is 0 Å². The maximum Gasteiger partial charge on any atom is -0.00489 e. The highest BCUT2D eigenvalue weighted by atomic mass is 14.8. The van der Waals surface area contributed by atoms with Crippen molar-refractivity contribution in [3.63, 3.8) is 0 Å². The average Bonchev–Trinajstić information content (AvgIpc) is 1.94. The first-order chi connectivity index (χ1) is 5.33. The summed E-state index contributed by atoms with van der Waals surface area (Å²) < 4.78 is 0. The van der Waals surface area contributed by atoms with Crippen LogP contribution in [-0.2, 0) is 0 Å². The van der Waals surface area contributed by atoms with Crippen molar-refractivity contribution in [1.82, 2.24) is 5.32 Å². The number of nitrogens with one attached hydrogen (secondary N) is 1. The lowest BCUT2D eigenvalue weighted by atomic mass is 9.74. The fourth-order valence-electron chi connectivity index (χ4n) is 2.00. The van der Waals surface area contributed by atoms with Crippen LogP contribution >= 0.6 is 0 Å². The second kappa shape index (κ2) is 4.76. The Morgan fingerprint density at radius 3 is 2.64 bits per heavy atom. The molecule has 1 saturated carbocycles. The molecule has 0 unspecified atom stereocenters. The molecule has 0 saturated heterocycles. The van der Waals surface area contributed by atoms with E-state index in [9.17, 15) is 0 Å². The molecule has 0 bridgehead atoms. The van der Waals surface area contributed by atoms with E-state index in [-0.39, 0.29) is 0 Å². The van der Waals surface area contributed by atoms with E-state index in [4.69, 9.17) is 0 Å². The van der Waals surface area contributed by atoms with Crippen molar-refractivity contribution in [3.8, 4) is 0 Å². The smallest absolute Gasteiger partial charge is 0.00489 e. The van der Waals surface area contributed by atoms with Crippen LogP contribution < -0.4 is 5.32 Å². The molecule has 0 atom stereocenters. The SMILES string of the molecule is CCNCCCC1CC(C)C1. The molecule has 1 fully saturated rings. The molecular formula is C10H21N. The van der Waals surface area contributed by atoms with Gasteiger partial charge in [-0.15, -0.1) is 0 Å². The first-order valence-corrected chi connectivity index (χ1v) is 5.03. The van der Waals surface area contributed by atoms with E-state index in [1.807, 2.05) is 0 Å². The zero-order chi connectivity index (χ0) is 8.10. The monoisotopic (exact) mass is 155 g/mol. The second-order valence-electron chi connectivity index (χ2n) is 3.94. The van der Waals surface area contributed by atoms with E-state index in [0.29, 0.717) is 0 Å². The van der Waals surface area contributed by atoms with Crippen LogP contribution in [0.15, 0.2) is 0 Å². The van der Waals surface area contributed by atoms with Crippen molar-refractivity contribution in [2.75, 3.05) is 13.1 Å². The minimum absolute atomic E-state index is 1.03. The third-order valence-electron chi connectivity index (χ3n) is 2.69. The molecule has 1 aliphatic rings. The Bertz CT molecular complexity index is 95.0. The normalized spacial score (nSPS) is 30.0. The molecule has 0 amide bonds. The minimum atomic E-state index is 1.03. The van der Waals surface area contributed by atoms with Crippen LogP contribution in [0.2, 0.25) is 0 Å². The summed E-state index contributed by atoms with van der Waals surface area (Å²) in [6.07, 6.45) is 5.82. The van der Waals surface area contributed by atoms with Gasteiger partial charge in [-0.05, 0) is 50.6 Å². The number of rotatable bonds is 5. The van der Waals surface area contributed by atoms with Crippen LogP contribution in [0, 0.1) is 11.8 Å². The predicted molar refractivity (Wildman–Crippen MR) is 49.7 cm³/mol. The highest BCUT2D eigenvalue weighted by molar-refractivity contribution is 4.75. The van der Waals surface area contributed by atoms with Gasteiger partial charge in [-0.25, -0.2) is 0 Å². The lowest BCUT2D eigenvalue weighted by molar-refractivity contribution is 0.196. The maximum atomic E-state index is 3.36. The molecule has 0 aromatic carbocycles. The Kier molecular flexibility index (Phi) is 3.92. The molecule has 0 aromatic heterocycles. The molecule has 1 N–H and O–H groups in total. The third kappa shape index (κ3) is 3.24. The summed E-state index contributed by atoms with van der Waals surface area (Å²) in [4.78, 5) is 0. The molecular weight excluding hydrogens is 134 g/mol. The van der Waals surface area contributed by atoms with Crippen molar-refractivity contribution in [1.29, 1.82) is 0 Å². The van der Waals surface area contributed by atoms with Gasteiger partial charge in [0.2, 0.25) is 0 Å². The Labute approximate surface area is 70.6 Å². The molecule has 0 heterocycles. The van der Waals surface area contributed by atoms with Gasteiger partial charge < -0.3 is 5.32 Å². The standard InChI is InChI=1S/C10H21N/c1-3-11-6-4-5-10-7-9(2)8-10/h9-11H,3-8H2,1-2H3. The fraction of sp³-hybridized carbons (Fsp3) is 1.00. The molecule has 0 aromatic rings. The van der Waals surface area contributed by atoms with Gasteiger partial charge >= 0.3 is 0 Å². The van der Waals surface area contributed by atoms with Gasteiger partial charge in [0.15, 0.2) is 0 Å². The zero-order valence-electron chi connectivity index (χ0n) is 7.90. The highest BCUT2D eigenvalue weighted by Gasteiger charge is 2.23. The lowest BCUT2D eigenvalue weighted by Gasteiger charge is -2.32. The van der Waals surface area contributed by atoms with Crippen molar-refractivity contribution < 1.29 is 0 Å². The molecule has 1 heteroatoms. The molecule has 1 aliphatic carbocycles. The summed E-state index contributed by atoms with van der Waals surface area (Å²) in [5.41, 5.74) is 0. The van der Waals surface area contributed by atoms with E-state index in [1.165, 1.54) is 32.2 Å². The van der Waals surface area contributed by atoms with Crippen LogP contribution in [0.3, 0.4) is 0 Å². The zero-order valence-corrected chi connectivity index (χ0v) is 7.90. The summed E-state index contributed by atoms with van der Waals surface area (Å²) in [7, 11) is 0. The van der Waals surface area contributed by atoms with Crippen LogP contribution in [0.4, 0.5) is 0 Å². The fourth-order valence-corrected chi connectivity index (χ4v) is 2.00. The van der Waals surface area contributed by atoms with Crippen LogP contribution in [0.5, 0.6) is 0 Å². The van der Waals surface area contributed by atoms with E-state index in [1.54, 1.807) is 0 Å². The Balaban J connectivity index is 1.81. The van der Waals surface area contributed by atoms with Crippen molar-refractivity contribution >= 4 is 0 Å². The molecule has 0 radical (unpaired) electrons. The molecule has 0 aliphatic heterocycles. The third-order valence-corrected chi connectivity index (χ3v) is 2.69. The first kappa shape index (κ1) is 9.05. The van der Waals surface area contributed by atoms with Gasteiger partial charge in [0.1, 0.15) is 0 Å². The van der Waals surface area contributed by atoms with E-state index in [0.717, 1.165) is 18.4 Å². The first-order valence-electron chi connectivity index (χ1n) is 5.03. The average molecular weight is 155 g/mol. The molecule has 11 heavy (non-hydrogen) atoms. The molecule has 0 spiro atoms. The van der Waals surface area contributed by atoms with Crippen molar-refractivity contribution in [2.24, 2.45) is 11.8 Å². The largest absolute Gasteiger partial charge is 0.317 e. The summed E-state index contributed by atoms with van der Waals surface area (Å²) >= 11 is 0. The van der Waals surface area contributed by atoms with Gasteiger partial charge in [0.05, 0.1) is 0 Å². The quantitative estimate of drug-likeness (QED) is 0.601. The van der Waals surface area contributed by atoms with Crippen molar-refractivity contribution in [3.05, 3.63) is 0 Å². The Hall–Kier alpha value is -0.0400. The summed E-state index contributed by atoms with van der Waals surface area (Å²) in [5.74, 6) is 2.10. The second-order valence-corrected chi connectivity index (χ2v) is 3.94. The van der Waals surface area contributed by atoms with E-state index >= 15 is 0 Å². The predicted octanol–water partition coefficient (Wildman–Crippen LogP) is 2.42. The number of hydrogen-bond acceptors (Lipinski definition) is 1. The van der Waals surface area contributed by atoms with Gasteiger partial charge in [0, 0.05) is 0 Å². The molecule has 66 valence electrons. The van der Waals surface area contributed by atoms with Crippen LogP contribution in [0.25, 0.3) is 0 Å². The van der Waals surface area contributed by atoms with Gasteiger partial charge in [-0.2, -0.15) is 0 Å². The van der Waals surface area contributed by atoms with Crippen molar-refractivity contribution in [2.45, 2.75) is 39.5 Å². The Morgan fingerprint density at radius 1 is 1.36 bits per heavy atom. The van der Waals surface area contributed by atoms with Crippen LogP contribution in [0.1, 0.15) is 39.5 Å². The Morgan fingerprint density at radius 2 is 2.09 bits per heavy atom. The van der Waals surface area contributed by atoms with E-state index < -0.39 is 0 Å². The molecule has 1 rings (SSSR count). The van der Waals surface area contributed by atoms with E-state index in [2.05, 4.69) is 19.2 Å². The van der Waals surface area contributed by atoms with Gasteiger partial charge in [-0.1, -0.05) is 13.8 Å². The van der Waals surface area contributed by atoms with Gasteiger partial charge in [0.25, 0.3) is 0 Å². The topological polar surface area (TPSA) is 12.0 Å². The lowest BCUT2D eigenvalue weighted by Crippen LogP contribution is -2.22. The number of hydrogen-bond donors (Lipinski definition) is 1. The summed E-state index contributed by atoms with van der Waals surface area (Å²) in [5, 5.41) is 3.36. The molecule has 1 nitrogen and oxygen atoms in total. The minimum Gasteiger partial charge on any atom is -0.317 e.